The molecule has 0 saturated heterocycles. The molecule has 7 heteroatoms. The second kappa shape index (κ2) is 7.33. The third-order valence-electron chi connectivity index (χ3n) is 3.12. The summed E-state index contributed by atoms with van der Waals surface area (Å²) in [4.78, 5) is 11.7. The van der Waals surface area contributed by atoms with E-state index in [9.17, 15) is 4.79 Å². The summed E-state index contributed by atoms with van der Waals surface area (Å²) in [5, 5.41) is 10.5. The average molecular weight is 274 g/mol. The number of carbonyl (C=O) groups excluding carboxylic acids is 1. The van der Waals surface area contributed by atoms with E-state index in [1.807, 2.05) is 0 Å². The van der Waals surface area contributed by atoms with Gasteiger partial charge in [-0.05, 0) is 25.7 Å². The summed E-state index contributed by atoms with van der Waals surface area (Å²) in [6.45, 7) is 0.574. The number of nitrogens with two attached hydrogens (primary N) is 1. The van der Waals surface area contributed by atoms with E-state index in [1.165, 1.54) is 0 Å². The van der Waals surface area contributed by atoms with Gasteiger partial charge in [-0.3, -0.25) is 9.48 Å². The first-order chi connectivity index (χ1) is 8.24. The molecule has 2 rings (SSSR count). The van der Waals surface area contributed by atoms with Crippen molar-refractivity contribution in [3.63, 3.8) is 0 Å². The van der Waals surface area contributed by atoms with Gasteiger partial charge in [0, 0.05) is 24.7 Å². The van der Waals surface area contributed by atoms with Crippen molar-refractivity contribution in [3.8, 4) is 0 Å². The highest BCUT2D eigenvalue weighted by molar-refractivity contribution is 5.85. The molecule has 2 unspecified atom stereocenters. The molecule has 0 radical (unpaired) electrons. The van der Waals surface area contributed by atoms with Gasteiger partial charge in [-0.1, -0.05) is 5.21 Å². The van der Waals surface area contributed by atoms with Gasteiger partial charge in [-0.2, -0.15) is 0 Å². The Morgan fingerprint density at radius 2 is 2.33 bits per heavy atom. The zero-order chi connectivity index (χ0) is 12.1. The summed E-state index contributed by atoms with van der Waals surface area (Å²) in [7, 11) is 0. The molecule has 0 spiro atoms. The summed E-state index contributed by atoms with van der Waals surface area (Å²) in [5.41, 5.74) is 5.88. The SMILES string of the molecule is Cl.NC1CCCC(NC(=O)CCn2ccnn2)C1. The quantitative estimate of drug-likeness (QED) is 0.835. The summed E-state index contributed by atoms with van der Waals surface area (Å²) < 4.78 is 1.66. The normalized spacial score (nSPS) is 23.2. The van der Waals surface area contributed by atoms with Gasteiger partial charge in [0.25, 0.3) is 0 Å². The Kier molecular flexibility index (Phi) is 6.07. The highest BCUT2D eigenvalue weighted by Gasteiger charge is 2.20. The minimum atomic E-state index is 0. The average Bonchev–Trinajstić information content (AvgIpc) is 2.79. The maximum absolute atomic E-state index is 11.7. The highest BCUT2D eigenvalue weighted by Crippen LogP contribution is 2.16. The number of carbonyl (C=O) groups is 1. The Morgan fingerprint density at radius 1 is 1.50 bits per heavy atom. The van der Waals surface area contributed by atoms with Crippen LogP contribution in [0.3, 0.4) is 0 Å². The Morgan fingerprint density at radius 3 is 3.00 bits per heavy atom. The first-order valence-electron chi connectivity index (χ1n) is 6.13. The number of amides is 1. The lowest BCUT2D eigenvalue weighted by molar-refractivity contribution is -0.122. The Hall–Kier alpha value is -1.14. The van der Waals surface area contributed by atoms with Gasteiger partial charge in [-0.15, -0.1) is 17.5 Å². The van der Waals surface area contributed by atoms with E-state index < -0.39 is 0 Å². The van der Waals surface area contributed by atoms with Gasteiger partial charge < -0.3 is 11.1 Å². The second-order valence-corrected chi connectivity index (χ2v) is 4.61. The Labute approximate surface area is 113 Å². The number of nitrogens with zero attached hydrogens (tertiary/aromatic N) is 3. The Bertz CT molecular complexity index is 356. The molecule has 102 valence electrons. The van der Waals surface area contributed by atoms with Crippen LogP contribution in [-0.4, -0.2) is 33.0 Å². The maximum Gasteiger partial charge on any atom is 0.222 e. The lowest BCUT2D eigenvalue weighted by Gasteiger charge is -2.27. The number of nitrogens with one attached hydrogen (secondary N) is 1. The molecule has 1 heterocycles. The first-order valence-corrected chi connectivity index (χ1v) is 6.13. The van der Waals surface area contributed by atoms with Gasteiger partial charge in [0.15, 0.2) is 0 Å². The lowest BCUT2D eigenvalue weighted by Crippen LogP contribution is -2.42. The number of aromatic nitrogens is 3. The van der Waals surface area contributed by atoms with Crippen molar-refractivity contribution in [1.82, 2.24) is 20.3 Å². The van der Waals surface area contributed by atoms with Crippen molar-refractivity contribution in [3.05, 3.63) is 12.4 Å². The van der Waals surface area contributed by atoms with Crippen LogP contribution in [0.4, 0.5) is 0 Å². The lowest BCUT2D eigenvalue weighted by atomic mass is 9.91. The van der Waals surface area contributed by atoms with E-state index >= 15 is 0 Å². The van der Waals surface area contributed by atoms with E-state index in [0.717, 1.165) is 25.7 Å². The van der Waals surface area contributed by atoms with Crippen LogP contribution >= 0.6 is 12.4 Å². The largest absolute Gasteiger partial charge is 0.353 e. The molecule has 3 N–H and O–H groups in total. The van der Waals surface area contributed by atoms with Gasteiger partial charge in [0.05, 0.1) is 12.7 Å². The number of hydrogen-bond donors (Lipinski definition) is 2. The molecule has 0 aromatic carbocycles. The first kappa shape index (κ1) is 14.9. The standard InChI is InChI=1S/C11H19N5O.ClH/c12-9-2-1-3-10(8-9)14-11(17)4-6-16-7-5-13-15-16;/h5,7,9-10H,1-4,6,8,12H2,(H,14,17);1H. The van der Waals surface area contributed by atoms with Crippen molar-refractivity contribution in [2.24, 2.45) is 5.73 Å². The maximum atomic E-state index is 11.7. The monoisotopic (exact) mass is 273 g/mol. The van der Waals surface area contributed by atoms with Crippen LogP contribution in [0.1, 0.15) is 32.1 Å². The van der Waals surface area contributed by atoms with Crippen LogP contribution in [0.2, 0.25) is 0 Å². The van der Waals surface area contributed by atoms with E-state index in [4.69, 9.17) is 5.73 Å². The van der Waals surface area contributed by atoms with Crippen molar-refractivity contribution >= 4 is 18.3 Å². The third-order valence-corrected chi connectivity index (χ3v) is 3.12. The molecule has 0 bridgehead atoms. The number of aryl methyl sites for hydroxylation is 1. The van der Waals surface area contributed by atoms with Crippen LogP contribution < -0.4 is 11.1 Å². The van der Waals surface area contributed by atoms with Gasteiger partial charge in [0.1, 0.15) is 0 Å². The van der Waals surface area contributed by atoms with Crippen molar-refractivity contribution in [2.45, 2.75) is 50.7 Å². The van der Waals surface area contributed by atoms with E-state index in [1.54, 1.807) is 17.1 Å². The van der Waals surface area contributed by atoms with Crippen molar-refractivity contribution in [1.29, 1.82) is 0 Å². The molecule has 1 aliphatic carbocycles. The fourth-order valence-corrected chi connectivity index (χ4v) is 2.23. The smallest absolute Gasteiger partial charge is 0.222 e. The molecule has 0 aliphatic heterocycles. The van der Waals surface area contributed by atoms with Crippen molar-refractivity contribution in [2.75, 3.05) is 0 Å². The van der Waals surface area contributed by atoms with E-state index in [0.29, 0.717) is 13.0 Å². The summed E-state index contributed by atoms with van der Waals surface area (Å²) in [6, 6.07) is 0.492. The molecule has 1 saturated carbocycles. The molecule has 1 fully saturated rings. The van der Waals surface area contributed by atoms with Gasteiger partial charge in [-0.25, -0.2) is 0 Å². The summed E-state index contributed by atoms with van der Waals surface area (Å²) in [5.74, 6) is 0.0691. The molecule has 18 heavy (non-hydrogen) atoms. The summed E-state index contributed by atoms with van der Waals surface area (Å²) >= 11 is 0. The van der Waals surface area contributed by atoms with E-state index in [-0.39, 0.29) is 30.4 Å². The number of halogens is 1. The molecule has 1 amide bonds. The molecule has 2 atom stereocenters. The van der Waals surface area contributed by atoms with Crippen LogP contribution in [0.25, 0.3) is 0 Å². The molecule has 1 aromatic heterocycles. The minimum absolute atomic E-state index is 0. The molecule has 6 nitrogen and oxygen atoms in total. The fraction of sp³-hybridized carbons (Fsp3) is 0.727. The fourth-order valence-electron chi connectivity index (χ4n) is 2.23. The Balaban J connectivity index is 0.00000162. The van der Waals surface area contributed by atoms with Crippen LogP contribution in [0.5, 0.6) is 0 Å². The van der Waals surface area contributed by atoms with Gasteiger partial charge >= 0.3 is 0 Å². The van der Waals surface area contributed by atoms with Crippen molar-refractivity contribution < 1.29 is 4.79 Å². The molecule has 1 aromatic rings. The molecule has 1 aliphatic rings. The van der Waals surface area contributed by atoms with Crippen LogP contribution in [-0.2, 0) is 11.3 Å². The molecular weight excluding hydrogens is 254 g/mol. The second-order valence-electron chi connectivity index (χ2n) is 4.61. The zero-order valence-electron chi connectivity index (χ0n) is 10.3. The van der Waals surface area contributed by atoms with Crippen LogP contribution in [0, 0.1) is 0 Å². The summed E-state index contributed by atoms with van der Waals surface area (Å²) in [6.07, 6.45) is 7.93. The third kappa shape index (κ3) is 4.62. The topological polar surface area (TPSA) is 85.8 Å². The predicted molar refractivity (Wildman–Crippen MR) is 70.3 cm³/mol. The number of rotatable bonds is 4. The van der Waals surface area contributed by atoms with E-state index in [2.05, 4.69) is 15.6 Å². The number of hydrogen-bond acceptors (Lipinski definition) is 4. The van der Waals surface area contributed by atoms with Crippen LogP contribution in [0.15, 0.2) is 12.4 Å². The highest BCUT2D eigenvalue weighted by atomic mass is 35.5. The zero-order valence-corrected chi connectivity index (χ0v) is 11.1. The molecular formula is C11H20ClN5O. The minimum Gasteiger partial charge on any atom is -0.353 e. The predicted octanol–water partition coefficient (Wildman–Crippen LogP) is 0.476. The van der Waals surface area contributed by atoms with Gasteiger partial charge in [0.2, 0.25) is 5.91 Å².